The highest BCUT2D eigenvalue weighted by Gasteiger charge is 2.54. The quantitative estimate of drug-likeness (QED) is 0.241. The molecular weight excluding hydrogens is 378 g/mol. The lowest BCUT2D eigenvalue weighted by molar-refractivity contribution is -0.177. The average molecular weight is 412 g/mol. The molecule has 0 saturated heterocycles. The predicted molar refractivity (Wildman–Crippen MR) is 110 cm³/mol. The van der Waals surface area contributed by atoms with E-state index >= 15 is 0 Å². The Kier molecular flexibility index (Phi) is 9.13. The van der Waals surface area contributed by atoms with Gasteiger partial charge in [0.05, 0.1) is 13.7 Å². The zero-order valence-electron chi connectivity index (χ0n) is 18.0. The second kappa shape index (κ2) is 10.6. The Labute approximate surface area is 169 Å². The van der Waals surface area contributed by atoms with Crippen molar-refractivity contribution >= 4 is 20.2 Å². The van der Waals surface area contributed by atoms with Crippen molar-refractivity contribution in [3.8, 4) is 5.75 Å². The Balaban J connectivity index is 3.66. The fourth-order valence-corrected chi connectivity index (χ4v) is 4.07. The highest BCUT2D eigenvalue weighted by molar-refractivity contribution is 6.70. The van der Waals surface area contributed by atoms with E-state index < -0.39 is 25.8 Å². The van der Waals surface area contributed by atoms with E-state index in [-0.39, 0.29) is 13.3 Å². The van der Waals surface area contributed by atoms with Crippen LogP contribution in [-0.4, -0.2) is 59.2 Å². The summed E-state index contributed by atoms with van der Waals surface area (Å²) in [5.74, 6) is -0.587. The van der Waals surface area contributed by atoms with Gasteiger partial charge in [0, 0.05) is 19.2 Å². The van der Waals surface area contributed by atoms with Gasteiger partial charge in [0.1, 0.15) is 12.5 Å². The van der Waals surface area contributed by atoms with E-state index in [2.05, 4.69) is 0 Å². The highest BCUT2D eigenvalue weighted by Crippen LogP contribution is 2.35. The number of esters is 1. The minimum absolute atomic E-state index is 0.0546. The van der Waals surface area contributed by atoms with E-state index in [4.69, 9.17) is 18.6 Å². The number of nitrogens with zero attached hydrogens (tertiary/aromatic N) is 1. The molecule has 0 N–H and O–H groups in total. The SMILES string of the molecule is CCCN(COC)C(=O)C(O[Si](C)(C)C)(C(=O)OCC)c1ccc(OC)cc1. The minimum Gasteiger partial charge on any atom is -0.497 e. The van der Waals surface area contributed by atoms with Crippen molar-refractivity contribution in [1.82, 2.24) is 4.90 Å². The summed E-state index contributed by atoms with van der Waals surface area (Å²) in [6.45, 7) is 10.1. The molecule has 1 rings (SSSR count). The van der Waals surface area contributed by atoms with Crippen molar-refractivity contribution in [2.24, 2.45) is 0 Å². The van der Waals surface area contributed by atoms with Crippen molar-refractivity contribution in [3.63, 3.8) is 0 Å². The van der Waals surface area contributed by atoms with Gasteiger partial charge in [0.2, 0.25) is 0 Å². The molecular formula is C20H33NO6Si. The second-order valence-corrected chi connectivity index (χ2v) is 11.8. The molecule has 1 aromatic carbocycles. The van der Waals surface area contributed by atoms with Gasteiger partial charge in [-0.15, -0.1) is 0 Å². The molecule has 1 atom stereocenters. The number of methoxy groups -OCH3 is 2. The van der Waals surface area contributed by atoms with Crippen LogP contribution < -0.4 is 4.74 Å². The third-order valence-corrected chi connectivity index (χ3v) is 4.80. The Morgan fingerprint density at radius 1 is 1.07 bits per heavy atom. The van der Waals surface area contributed by atoms with Gasteiger partial charge in [0.25, 0.3) is 11.5 Å². The average Bonchev–Trinajstić information content (AvgIpc) is 2.65. The summed E-state index contributed by atoms with van der Waals surface area (Å²) in [6, 6.07) is 6.74. The molecule has 0 aliphatic rings. The van der Waals surface area contributed by atoms with Gasteiger partial charge in [0.15, 0.2) is 8.32 Å². The fourth-order valence-electron chi connectivity index (χ4n) is 2.86. The number of hydrogen-bond acceptors (Lipinski definition) is 6. The minimum atomic E-state index is -2.36. The maximum atomic E-state index is 13.7. The maximum absolute atomic E-state index is 13.7. The molecule has 0 bridgehead atoms. The summed E-state index contributed by atoms with van der Waals surface area (Å²) in [5, 5.41) is 0. The van der Waals surface area contributed by atoms with Crippen LogP contribution in [0, 0.1) is 0 Å². The molecule has 158 valence electrons. The van der Waals surface area contributed by atoms with E-state index in [9.17, 15) is 9.59 Å². The molecule has 0 aromatic heterocycles. The first-order chi connectivity index (χ1) is 13.2. The van der Waals surface area contributed by atoms with Crippen LogP contribution in [0.5, 0.6) is 5.75 Å². The molecule has 7 nitrogen and oxygen atoms in total. The number of amides is 1. The molecule has 1 amide bonds. The molecule has 0 saturated carbocycles. The lowest BCUT2D eigenvalue weighted by Crippen LogP contribution is -2.58. The number of hydrogen-bond donors (Lipinski definition) is 0. The lowest BCUT2D eigenvalue weighted by atomic mass is 9.92. The topological polar surface area (TPSA) is 74.3 Å². The summed E-state index contributed by atoms with van der Waals surface area (Å²) in [6.07, 6.45) is 0.712. The van der Waals surface area contributed by atoms with E-state index in [1.54, 1.807) is 38.3 Å². The summed E-state index contributed by atoms with van der Waals surface area (Å²) >= 11 is 0. The fraction of sp³-hybridized carbons (Fsp3) is 0.600. The van der Waals surface area contributed by atoms with Gasteiger partial charge in [-0.1, -0.05) is 19.1 Å². The van der Waals surface area contributed by atoms with Crippen molar-refractivity contribution in [1.29, 1.82) is 0 Å². The first-order valence-electron chi connectivity index (χ1n) is 9.46. The van der Waals surface area contributed by atoms with Crippen molar-refractivity contribution in [2.75, 3.05) is 34.1 Å². The van der Waals surface area contributed by atoms with Crippen LogP contribution in [0.2, 0.25) is 19.6 Å². The molecule has 1 aromatic rings. The highest BCUT2D eigenvalue weighted by atomic mass is 28.4. The molecule has 1 unspecified atom stereocenters. The summed E-state index contributed by atoms with van der Waals surface area (Å²) in [4.78, 5) is 28.4. The van der Waals surface area contributed by atoms with E-state index in [1.807, 2.05) is 26.6 Å². The van der Waals surface area contributed by atoms with Gasteiger partial charge in [-0.05, 0) is 45.1 Å². The monoisotopic (exact) mass is 411 g/mol. The van der Waals surface area contributed by atoms with Crippen LogP contribution in [0.1, 0.15) is 25.8 Å². The third-order valence-electron chi connectivity index (χ3n) is 3.89. The molecule has 0 aliphatic heterocycles. The van der Waals surface area contributed by atoms with E-state index in [1.165, 1.54) is 12.0 Å². The number of carbonyl (C=O) groups excluding carboxylic acids is 2. The van der Waals surface area contributed by atoms with Crippen molar-refractivity contribution in [3.05, 3.63) is 29.8 Å². The van der Waals surface area contributed by atoms with Gasteiger partial charge in [-0.2, -0.15) is 0 Å². The van der Waals surface area contributed by atoms with Crippen LogP contribution in [0.15, 0.2) is 24.3 Å². The second-order valence-electron chi connectivity index (χ2n) is 7.33. The Bertz CT molecular complexity index is 637. The first-order valence-corrected chi connectivity index (χ1v) is 12.9. The Hall–Kier alpha value is -1.90. The van der Waals surface area contributed by atoms with Crippen LogP contribution in [0.4, 0.5) is 0 Å². The number of rotatable bonds is 11. The zero-order chi connectivity index (χ0) is 21.4. The Morgan fingerprint density at radius 3 is 2.11 bits per heavy atom. The van der Waals surface area contributed by atoms with Crippen LogP contribution in [0.25, 0.3) is 0 Å². The van der Waals surface area contributed by atoms with E-state index in [0.29, 0.717) is 24.3 Å². The van der Waals surface area contributed by atoms with Gasteiger partial charge >= 0.3 is 5.97 Å². The van der Waals surface area contributed by atoms with Gasteiger partial charge < -0.3 is 23.5 Å². The molecule has 0 aliphatic carbocycles. The predicted octanol–water partition coefficient (Wildman–Crippen LogP) is 3.15. The molecule has 0 radical (unpaired) electrons. The van der Waals surface area contributed by atoms with Crippen LogP contribution in [0.3, 0.4) is 0 Å². The molecule has 0 heterocycles. The number of carbonyl (C=O) groups is 2. The summed E-state index contributed by atoms with van der Waals surface area (Å²) in [7, 11) is 0.699. The number of benzene rings is 1. The molecule has 8 heteroatoms. The van der Waals surface area contributed by atoms with E-state index in [0.717, 1.165) is 0 Å². The van der Waals surface area contributed by atoms with Crippen LogP contribution >= 0.6 is 0 Å². The zero-order valence-corrected chi connectivity index (χ0v) is 19.0. The van der Waals surface area contributed by atoms with Gasteiger partial charge in [-0.25, -0.2) is 4.79 Å². The molecule has 28 heavy (non-hydrogen) atoms. The normalized spacial score (nSPS) is 13.5. The maximum Gasteiger partial charge on any atom is 0.352 e. The van der Waals surface area contributed by atoms with Crippen molar-refractivity contribution < 1.29 is 28.2 Å². The third kappa shape index (κ3) is 5.80. The largest absolute Gasteiger partial charge is 0.497 e. The van der Waals surface area contributed by atoms with Crippen LogP contribution in [-0.2, 0) is 29.1 Å². The Morgan fingerprint density at radius 2 is 1.68 bits per heavy atom. The van der Waals surface area contributed by atoms with Crippen molar-refractivity contribution in [2.45, 2.75) is 45.5 Å². The molecule has 0 spiro atoms. The summed E-state index contributed by atoms with van der Waals surface area (Å²) in [5.41, 5.74) is -1.48. The summed E-state index contributed by atoms with van der Waals surface area (Å²) < 4.78 is 22.1. The lowest BCUT2D eigenvalue weighted by Gasteiger charge is -2.39. The van der Waals surface area contributed by atoms with Gasteiger partial charge in [-0.3, -0.25) is 4.79 Å². The number of ether oxygens (including phenoxy) is 3. The smallest absolute Gasteiger partial charge is 0.352 e. The standard InChI is InChI=1S/C20H33NO6Si/c1-8-14-21(15-24-3)18(22)20(19(23)26-9-2,27-28(5,6)7)16-10-12-17(25-4)13-11-16/h10-13H,8-9,14-15H2,1-7H3. The first kappa shape index (κ1) is 24.1. The molecule has 0 fully saturated rings.